The van der Waals surface area contributed by atoms with Crippen LogP contribution >= 0.6 is 11.6 Å². The maximum Gasteiger partial charge on any atom is 0.250 e. The highest BCUT2D eigenvalue weighted by Crippen LogP contribution is 2.54. The number of carbonyl (C=O) groups excluding carboxylic acids is 3. The summed E-state index contributed by atoms with van der Waals surface area (Å²) in [6.45, 7) is 2.59. The quantitative estimate of drug-likeness (QED) is 0.366. The summed E-state index contributed by atoms with van der Waals surface area (Å²) in [7, 11) is 0. The summed E-state index contributed by atoms with van der Waals surface area (Å²) in [6.07, 6.45) is 1.68. The number of hydrogen-bond donors (Lipinski definition) is 4. The van der Waals surface area contributed by atoms with E-state index in [0.29, 0.717) is 28.4 Å². The Hall–Kier alpha value is -3.14. The number of nitrogens with one attached hydrogen (secondary N) is 2. The Bertz CT molecular complexity index is 1310. The van der Waals surface area contributed by atoms with Crippen molar-refractivity contribution in [2.45, 2.75) is 43.9 Å². The maximum atomic E-state index is 13.9. The zero-order valence-corrected chi connectivity index (χ0v) is 20.3. The molecule has 10 heteroatoms. The van der Waals surface area contributed by atoms with Gasteiger partial charge >= 0.3 is 0 Å². The molecule has 0 aromatic heterocycles. The number of phenolic OH excluding ortho intramolecular Hbond substituents is 2. The van der Waals surface area contributed by atoms with Gasteiger partial charge in [0.05, 0.1) is 24.5 Å². The van der Waals surface area contributed by atoms with Gasteiger partial charge in [-0.1, -0.05) is 17.7 Å². The first kappa shape index (κ1) is 23.3. The van der Waals surface area contributed by atoms with Crippen molar-refractivity contribution in [3.63, 3.8) is 0 Å². The SMILES string of the molecule is Cc1cc(Cl)cc2c1NC(=O)[C@@]21N[C@@H](Cc2ccc(O)c(O)c2)[C@@H]2C(=O)N(C[C@H]3CCCO3)C(=O)[C@@H]21. The number of aryl methyl sites for hydroxylation is 1. The first-order valence-electron chi connectivity index (χ1n) is 12.1. The largest absolute Gasteiger partial charge is 0.504 e. The van der Waals surface area contributed by atoms with E-state index in [9.17, 15) is 24.6 Å². The number of nitrogens with zero attached hydrogens (tertiary/aromatic N) is 1. The van der Waals surface area contributed by atoms with Crippen molar-refractivity contribution in [2.75, 3.05) is 18.5 Å². The van der Waals surface area contributed by atoms with Crippen LogP contribution in [-0.2, 0) is 31.1 Å². The van der Waals surface area contributed by atoms with E-state index < -0.39 is 35.2 Å². The van der Waals surface area contributed by atoms with Gasteiger partial charge in [-0.15, -0.1) is 0 Å². The van der Waals surface area contributed by atoms with Gasteiger partial charge in [-0.3, -0.25) is 24.6 Å². The Morgan fingerprint density at radius 3 is 2.67 bits per heavy atom. The predicted octanol–water partition coefficient (Wildman–Crippen LogP) is 2.20. The van der Waals surface area contributed by atoms with Crippen LogP contribution in [0.2, 0.25) is 5.02 Å². The van der Waals surface area contributed by atoms with Crippen molar-refractivity contribution in [2.24, 2.45) is 11.8 Å². The summed E-state index contributed by atoms with van der Waals surface area (Å²) in [5.41, 5.74) is 1.11. The number of hydrogen-bond acceptors (Lipinski definition) is 7. The highest BCUT2D eigenvalue weighted by molar-refractivity contribution is 6.31. The van der Waals surface area contributed by atoms with E-state index in [1.807, 2.05) is 6.92 Å². The van der Waals surface area contributed by atoms with Gasteiger partial charge in [0.25, 0.3) is 0 Å². The number of amides is 3. The van der Waals surface area contributed by atoms with E-state index >= 15 is 0 Å². The number of ether oxygens (including phenoxy) is 1. The Kier molecular flexibility index (Phi) is 5.30. The molecule has 188 valence electrons. The molecule has 1 spiro atoms. The Labute approximate surface area is 212 Å². The van der Waals surface area contributed by atoms with E-state index in [0.717, 1.165) is 18.4 Å². The lowest BCUT2D eigenvalue weighted by molar-refractivity contribution is -0.144. The number of carbonyl (C=O) groups is 3. The average molecular weight is 512 g/mol. The molecule has 4 N–H and O–H groups in total. The summed E-state index contributed by atoms with van der Waals surface area (Å²) in [4.78, 5) is 42.6. The maximum absolute atomic E-state index is 13.9. The molecule has 3 fully saturated rings. The smallest absolute Gasteiger partial charge is 0.250 e. The summed E-state index contributed by atoms with van der Waals surface area (Å²) < 4.78 is 5.70. The molecule has 3 saturated heterocycles. The number of anilines is 1. The fraction of sp³-hybridized carbons (Fsp3) is 0.423. The van der Waals surface area contributed by atoms with Gasteiger partial charge in [0, 0.05) is 28.9 Å². The summed E-state index contributed by atoms with van der Waals surface area (Å²) in [5.74, 6) is -3.42. The summed E-state index contributed by atoms with van der Waals surface area (Å²) >= 11 is 6.39. The van der Waals surface area contributed by atoms with Gasteiger partial charge < -0.3 is 20.3 Å². The van der Waals surface area contributed by atoms with Gasteiger partial charge in [-0.05, 0) is 61.6 Å². The molecule has 4 aliphatic rings. The monoisotopic (exact) mass is 511 g/mol. The van der Waals surface area contributed by atoms with Crippen LogP contribution in [0.1, 0.15) is 29.5 Å². The van der Waals surface area contributed by atoms with Crippen molar-refractivity contribution < 1.29 is 29.3 Å². The van der Waals surface area contributed by atoms with Crippen LogP contribution in [0.5, 0.6) is 11.5 Å². The zero-order chi connectivity index (χ0) is 25.4. The third-order valence-electron chi connectivity index (χ3n) is 7.98. The minimum atomic E-state index is -1.46. The second-order valence-electron chi connectivity index (χ2n) is 10.1. The Morgan fingerprint density at radius 1 is 1.14 bits per heavy atom. The van der Waals surface area contributed by atoms with Crippen molar-refractivity contribution in [1.29, 1.82) is 0 Å². The second-order valence-corrected chi connectivity index (χ2v) is 10.5. The standard InChI is InChI=1S/C26H26ClN3O6/c1-12-7-14(27)10-16-22(12)28-25(35)26(16)21-20(17(29-26)8-13-4-5-18(31)19(32)9-13)23(33)30(24(21)34)11-15-3-2-6-36-15/h4-5,7,9-10,15,17,20-21,29,31-32H,2-3,6,8,11H2,1H3,(H,28,35)/t15-,17+,20+,21-,26-/m1/s1. The van der Waals surface area contributed by atoms with Crippen molar-refractivity contribution >= 4 is 35.0 Å². The van der Waals surface area contributed by atoms with E-state index in [1.54, 1.807) is 18.2 Å². The average Bonchev–Trinajstić information content (AvgIpc) is 3.57. The van der Waals surface area contributed by atoms with Crippen LogP contribution in [-0.4, -0.2) is 58.1 Å². The topological polar surface area (TPSA) is 128 Å². The minimum absolute atomic E-state index is 0.163. The molecule has 2 aromatic rings. The lowest BCUT2D eigenvalue weighted by Crippen LogP contribution is -2.54. The molecule has 9 nitrogen and oxygen atoms in total. The Morgan fingerprint density at radius 2 is 1.94 bits per heavy atom. The van der Waals surface area contributed by atoms with Crippen LogP contribution in [0.25, 0.3) is 0 Å². The first-order valence-corrected chi connectivity index (χ1v) is 12.5. The number of benzene rings is 2. The number of aromatic hydroxyl groups is 2. The summed E-state index contributed by atoms with van der Waals surface area (Å²) in [6, 6.07) is 7.28. The molecule has 3 amide bonds. The van der Waals surface area contributed by atoms with Gasteiger partial charge in [-0.25, -0.2) is 0 Å². The predicted molar refractivity (Wildman–Crippen MR) is 130 cm³/mol. The van der Waals surface area contributed by atoms with Gasteiger partial charge in [0.15, 0.2) is 11.5 Å². The normalized spacial score (nSPS) is 30.8. The fourth-order valence-electron chi connectivity index (χ4n) is 6.39. The molecule has 4 heterocycles. The summed E-state index contributed by atoms with van der Waals surface area (Å²) in [5, 5.41) is 26.4. The lowest BCUT2D eigenvalue weighted by atomic mass is 9.76. The molecule has 5 atom stereocenters. The molecule has 4 aliphatic heterocycles. The van der Waals surface area contributed by atoms with Crippen molar-refractivity contribution in [1.82, 2.24) is 10.2 Å². The molecule has 2 aromatic carbocycles. The molecule has 6 rings (SSSR count). The fourth-order valence-corrected chi connectivity index (χ4v) is 6.66. The van der Waals surface area contributed by atoms with Gasteiger partial charge in [0.1, 0.15) is 5.54 Å². The number of phenols is 2. The van der Waals surface area contributed by atoms with Crippen LogP contribution < -0.4 is 10.6 Å². The van der Waals surface area contributed by atoms with Crippen LogP contribution in [0, 0.1) is 18.8 Å². The van der Waals surface area contributed by atoms with E-state index in [4.69, 9.17) is 16.3 Å². The Balaban J connectivity index is 1.45. The highest BCUT2D eigenvalue weighted by Gasteiger charge is 2.70. The number of likely N-dealkylation sites (tertiary alicyclic amines) is 1. The van der Waals surface area contributed by atoms with E-state index in [-0.39, 0.29) is 36.5 Å². The van der Waals surface area contributed by atoms with Crippen LogP contribution in [0.4, 0.5) is 5.69 Å². The lowest BCUT2D eigenvalue weighted by Gasteiger charge is -2.30. The molecule has 0 aliphatic carbocycles. The molecular weight excluding hydrogens is 486 g/mol. The highest BCUT2D eigenvalue weighted by atomic mass is 35.5. The molecule has 0 bridgehead atoms. The van der Waals surface area contributed by atoms with E-state index in [2.05, 4.69) is 10.6 Å². The van der Waals surface area contributed by atoms with Crippen LogP contribution in [0.3, 0.4) is 0 Å². The number of rotatable bonds is 4. The third-order valence-corrected chi connectivity index (χ3v) is 8.20. The minimum Gasteiger partial charge on any atom is -0.504 e. The molecule has 0 saturated carbocycles. The first-order chi connectivity index (χ1) is 17.2. The van der Waals surface area contributed by atoms with Gasteiger partial charge in [-0.2, -0.15) is 0 Å². The number of halogens is 1. The third kappa shape index (κ3) is 3.26. The molecule has 36 heavy (non-hydrogen) atoms. The number of imide groups is 1. The number of fused-ring (bicyclic) bond motifs is 4. The molecule has 0 radical (unpaired) electrons. The zero-order valence-electron chi connectivity index (χ0n) is 19.6. The van der Waals surface area contributed by atoms with E-state index in [1.165, 1.54) is 17.0 Å². The van der Waals surface area contributed by atoms with Crippen LogP contribution in [0.15, 0.2) is 30.3 Å². The second kappa shape index (κ2) is 8.19. The van der Waals surface area contributed by atoms with Gasteiger partial charge in [0.2, 0.25) is 17.7 Å². The molecular formula is C26H26ClN3O6. The van der Waals surface area contributed by atoms with Crippen molar-refractivity contribution in [3.05, 3.63) is 52.0 Å². The molecule has 0 unspecified atom stereocenters. The van der Waals surface area contributed by atoms with Crippen molar-refractivity contribution in [3.8, 4) is 11.5 Å².